The molecule has 1 saturated carbocycles. The van der Waals surface area contributed by atoms with E-state index in [2.05, 4.69) is 47.6 Å². The van der Waals surface area contributed by atoms with Crippen molar-refractivity contribution in [3.05, 3.63) is 46.5 Å². The van der Waals surface area contributed by atoms with Crippen molar-refractivity contribution in [2.75, 3.05) is 0 Å². The number of Topliss-reactive ketones (excluding diaryl/α,β-unsaturated/α-hetero) is 2. The van der Waals surface area contributed by atoms with Crippen LogP contribution in [0.2, 0.25) is 5.02 Å². The first-order chi connectivity index (χ1) is 11.4. The van der Waals surface area contributed by atoms with Crippen molar-refractivity contribution in [3.63, 3.8) is 0 Å². The van der Waals surface area contributed by atoms with Gasteiger partial charge in [0.25, 0.3) is 0 Å². The zero-order valence-corrected chi connectivity index (χ0v) is 16.7. The summed E-state index contributed by atoms with van der Waals surface area (Å²) in [6.07, 6.45) is 2.86. The first-order valence-electron chi connectivity index (χ1n) is 8.97. The summed E-state index contributed by atoms with van der Waals surface area (Å²) in [4.78, 5) is 26.2. The van der Waals surface area contributed by atoms with Gasteiger partial charge in [0.1, 0.15) is 0 Å². The number of allylic oxidation sites excluding steroid dienone is 2. The normalized spacial score (nSPS) is 29.8. The van der Waals surface area contributed by atoms with Crippen molar-refractivity contribution in [3.8, 4) is 0 Å². The standard InChI is InChI=1S/C22H27ClO2/c1-20(2,3)17-12-22(21(4,5)6)16(11-15(17)18(24)19(22)25)13-7-9-14(23)10-8-13/h7-10,12,15-16H,11H2,1-6H3/t15?,16-,22-/m0/s1. The highest BCUT2D eigenvalue weighted by atomic mass is 35.5. The second kappa shape index (κ2) is 5.54. The first kappa shape index (κ1) is 18.4. The summed E-state index contributed by atoms with van der Waals surface area (Å²) in [5.74, 6) is -0.708. The third-order valence-corrected chi connectivity index (χ3v) is 6.33. The van der Waals surface area contributed by atoms with Crippen LogP contribution in [0.15, 0.2) is 35.9 Å². The Kier molecular flexibility index (Phi) is 4.07. The molecule has 134 valence electrons. The van der Waals surface area contributed by atoms with Crippen molar-refractivity contribution >= 4 is 23.2 Å². The van der Waals surface area contributed by atoms with Gasteiger partial charge in [-0.2, -0.15) is 0 Å². The lowest BCUT2D eigenvalue weighted by Gasteiger charge is -2.56. The molecule has 0 spiro atoms. The number of hydrogen-bond donors (Lipinski definition) is 0. The minimum Gasteiger partial charge on any atom is -0.290 e. The van der Waals surface area contributed by atoms with E-state index < -0.39 is 5.41 Å². The highest BCUT2D eigenvalue weighted by molar-refractivity contribution is 6.43. The summed E-state index contributed by atoms with van der Waals surface area (Å²) < 4.78 is 0. The van der Waals surface area contributed by atoms with E-state index in [0.717, 1.165) is 11.1 Å². The third kappa shape index (κ3) is 2.61. The van der Waals surface area contributed by atoms with E-state index in [4.69, 9.17) is 11.6 Å². The minimum atomic E-state index is -0.796. The molecule has 25 heavy (non-hydrogen) atoms. The Morgan fingerprint density at radius 2 is 1.56 bits per heavy atom. The van der Waals surface area contributed by atoms with Gasteiger partial charge >= 0.3 is 0 Å². The van der Waals surface area contributed by atoms with E-state index >= 15 is 0 Å². The molecule has 3 aliphatic carbocycles. The van der Waals surface area contributed by atoms with Gasteiger partial charge in [0.2, 0.25) is 11.6 Å². The molecule has 0 aliphatic heterocycles. The number of halogens is 1. The molecule has 2 nitrogen and oxygen atoms in total. The van der Waals surface area contributed by atoms with Crippen LogP contribution in [-0.2, 0) is 9.59 Å². The summed E-state index contributed by atoms with van der Waals surface area (Å²) >= 11 is 6.06. The van der Waals surface area contributed by atoms with E-state index in [1.807, 2.05) is 24.3 Å². The van der Waals surface area contributed by atoms with Crippen LogP contribution in [0.3, 0.4) is 0 Å². The molecule has 3 atom stereocenters. The van der Waals surface area contributed by atoms with Crippen LogP contribution in [0.4, 0.5) is 0 Å². The van der Waals surface area contributed by atoms with Gasteiger partial charge in [-0.1, -0.05) is 76.9 Å². The Balaban J connectivity index is 2.27. The van der Waals surface area contributed by atoms with Crippen LogP contribution in [0.25, 0.3) is 0 Å². The number of benzene rings is 1. The average molecular weight is 359 g/mol. The van der Waals surface area contributed by atoms with Crippen LogP contribution in [0.5, 0.6) is 0 Å². The molecule has 1 aromatic carbocycles. The zero-order chi connectivity index (χ0) is 18.8. The fraction of sp³-hybridized carbons (Fsp3) is 0.545. The number of hydrogen-bond acceptors (Lipinski definition) is 2. The summed E-state index contributed by atoms with van der Waals surface area (Å²) in [7, 11) is 0. The monoisotopic (exact) mass is 358 g/mol. The predicted molar refractivity (Wildman–Crippen MR) is 102 cm³/mol. The molecule has 1 aromatic rings. The minimum absolute atomic E-state index is 0.00562. The number of carbonyl (C=O) groups excluding carboxylic acids is 2. The zero-order valence-electron chi connectivity index (χ0n) is 15.9. The molecule has 4 rings (SSSR count). The average Bonchev–Trinajstić information content (AvgIpc) is 2.50. The largest absolute Gasteiger partial charge is 0.290 e. The molecule has 3 aliphatic rings. The van der Waals surface area contributed by atoms with Crippen molar-refractivity contribution in [1.29, 1.82) is 0 Å². The van der Waals surface area contributed by atoms with Gasteiger partial charge in [0.05, 0.1) is 5.41 Å². The summed E-state index contributed by atoms with van der Waals surface area (Å²) in [5.41, 5.74) is 0.940. The molecule has 3 heteroatoms. The number of ketones is 2. The van der Waals surface area contributed by atoms with Crippen molar-refractivity contribution in [2.45, 2.75) is 53.9 Å². The summed E-state index contributed by atoms with van der Waals surface area (Å²) in [5, 5.41) is 0.683. The van der Waals surface area contributed by atoms with Crippen molar-refractivity contribution in [2.24, 2.45) is 22.2 Å². The Morgan fingerprint density at radius 3 is 2.04 bits per heavy atom. The number of carbonyl (C=O) groups is 2. The van der Waals surface area contributed by atoms with Gasteiger partial charge in [0.15, 0.2) is 0 Å². The van der Waals surface area contributed by atoms with E-state index in [1.165, 1.54) is 0 Å². The maximum atomic E-state index is 13.3. The first-order valence-corrected chi connectivity index (χ1v) is 9.35. The van der Waals surface area contributed by atoms with Gasteiger partial charge in [-0.25, -0.2) is 0 Å². The Morgan fingerprint density at radius 1 is 1.00 bits per heavy atom. The Bertz CT molecular complexity index is 759. The molecule has 0 saturated heterocycles. The van der Waals surface area contributed by atoms with E-state index in [0.29, 0.717) is 11.4 Å². The van der Waals surface area contributed by atoms with Crippen LogP contribution in [0.1, 0.15) is 59.4 Å². The second-order valence-electron chi connectivity index (χ2n) is 9.55. The molecule has 0 heterocycles. The van der Waals surface area contributed by atoms with Crippen LogP contribution >= 0.6 is 11.6 Å². The lowest BCUT2D eigenvalue weighted by atomic mass is 9.44. The molecular formula is C22H27ClO2. The maximum Gasteiger partial charge on any atom is 0.210 e. The molecule has 0 aromatic heterocycles. The third-order valence-electron chi connectivity index (χ3n) is 6.08. The molecule has 0 radical (unpaired) electrons. The fourth-order valence-corrected chi connectivity index (χ4v) is 4.87. The fourth-order valence-electron chi connectivity index (χ4n) is 4.74. The smallest absolute Gasteiger partial charge is 0.210 e. The second-order valence-corrected chi connectivity index (χ2v) is 9.99. The Labute approximate surface area is 155 Å². The SMILES string of the molecule is CC(C)(C)C1=C[C@@]2(C(C)(C)C)C(=O)C(=O)C1C[C@H]2c1ccc(Cl)cc1. The summed E-state index contributed by atoms with van der Waals surface area (Å²) in [6, 6.07) is 7.75. The molecular weight excluding hydrogens is 332 g/mol. The van der Waals surface area contributed by atoms with Crippen LogP contribution < -0.4 is 0 Å². The van der Waals surface area contributed by atoms with E-state index in [9.17, 15) is 9.59 Å². The van der Waals surface area contributed by atoms with Gasteiger partial charge < -0.3 is 0 Å². The molecule has 0 N–H and O–H groups in total. The van der Waals surface area contributed by atoms with Gasteiger partial charge in [-0.15, -0.1) is 0 Å². The van der Waals surface area contributed by atoms with Crippen molar-refractivity contribution in [1.82, 2.24) is 0 Å². The lowest BCUT2D eigenvalue weighted by Crippen LogP contribution is -2.59. The summed E-state index contributed by atoms with van der Waals surface area (Å²) in [6.45, 7) is 12.6. The highest BCUT2D eigenvalue weighted by Gasteiger charge is 2.63. The number of fused-ring (bicyclic) bond motifs is 2. The maximum absolute atomic E-state index is 13.3. The highest BCUT2D eigenvalue weighted by Crippen LogP contribution is 2.63. The predicted octanol–water partition coefficient (Wildman–Crippen LogP) is 5.60. The van der Waals surface area contributed by atoms with Gasteiger partial charge in [-0.05, 0) is 34.9 Å². The Hall–Kier alpha value is -1.41. The van der Waals surface area contributed by atoms with Crippen LogP contribution in [-0.4, -0.2) is 11.6 Å². The van der Waals surface area contributed by atoms with Crippen LogP contribution in [0, 0.1) is 22.2 Å². The van der Waals surface area contributed by atoms with Gasteiger partial charge in [-0.3, -0.25) is 9.59 Å². The van der Waals surface area contributed by atoms with Crippen molar-refractivity contribution < 1.29 is 9.59 Å². The van der Waals surface area contributed by atoms with E-state index in [1.54, 1.807) is 0 Å². The lowest BCUT2D eigenvalue weighted by molar-refractivity contribution is -0.153. The van der Waals surface area contributed by atoms with Gasteiger partial charge in [0, 0.05) is 16.9 Å². The molecule has 2 bridgehead atoms. The van der Waals surface area contributed by atoms with E-state index in [-0.39, 0.29) is 34.2 Å². The topological polar surface area (TPSA) is 34.1 Å². The molecule has 1 fully saturated rings. The number of rotatable bonds is 1. The molecule has 1 unspecified atom stereocenters. The molecule has 0 amide bonds. The quantitative estimate of drug-likeness (QED) is 0.483.